The number of hydrogen-bond donors (Lipinski definition) is 1. The molecule has 138 valence electrons. The first kappa shape index (κ1) is 20.5. The lowest BCUT2D eigenvalue weighted by molar-refractivity contribution is 0.601. The zero-order chi connectivity index (χ0) is 19.2. The van der Waals surface area contributed by atoms with E-state index in [1.165, 1.54) is 23.5 Å². The van der Waals surface area contributed by atoms with Crippen LogP contribution < -0.4 is 4.72 Å². The van der Waals surface area contributed by atoms with Crippen LogP contribution >= 0.6 is 23.5 Å². The van der Waals surface area contributed by atoms with Gasteiger partial charge in [-0.05, 0) is 55.7 Å². The van der Waals surface area contributed by atoms with Crippen molar-refractivity contribution in [3.63, 3.8) is 0 Å². The second-order valence-electron chi connectivity index (χ2n) is 5.40. The van der Waals surface area contributed by atoms with Gasteiger partial charge >= 0.3 is 0 Å². The summed E-state index contributed by atoms with van der Waals surface area (Å²) in [7, 11) is -3.64. The smallest absolute Gasteiger partial charge is 0.261 e. The molecule has 0 saturated heterocycles. The van der Waals surface area contributed by atoms with E-state index in [0.717, 1.165) is 21.2 Å². The van der Waals surface area contributed by atoms with Crippen LogP contribution in [0.5, 0.6) is 0 Å². The SMILES string of the molecule is CSC(=N/N=C(/C)c1ccc(S(=O)(=O)Nc2ccccc2C)cc1)SC. The molecule has 0 saturated carbocycles. The normalized spacial score (nSPS) is 11.9. The number of hydrogen-bond acceptors (Lipinski definition) is 6. The number of sulfonamides is 1. The highest BCUT2D eigenvalue weighted by Gasteiger charge is 2.15. The number of anilines is 1. The molecule has 0 fully saturated rings. The molecule has 26 heavy (non-hydrogen) atoms. The zero-order valence-electron chi connectivity index (χ0n) is 15.1. The maximum absolute atomic E-state index is 12.6. The number of para-hydroxylation sites is 1. The average Bonchev–Trinajstić information content (AvgIpc) is 2.64. The Bertz CT molecular complexity index is 915. The van der Waals surface area contributed by atoms with Crippen LogP contribution in [0, 0.1) is 6.92 Å². The van der Waals surface area contributed by atoms with Crippen molar-refractivity contribution in [2.24, 2.45) is 10.2 Å². The minimum Gasteiger partial charge on any atom is -0.279 e. The molecule has 5 nitrogen and oxygen atoms in total. The highest BCUT2D eigenvalue weighted by Crippen LogP contribution is 2.20. The second-order valence-corrected chi connectivity index (χ2v) is 8.94. The van der Waals surface area contributed by atoms with E-state index < -0.39 is 10.0 Å². The Hall–Kier alpha value is -1.77. The number of nitrogens with zero attached hydrogens (tertiary/aromatic N) is 2. The van der Waals surface area contributed by atoms with E-state index >= 15 is 0 Å². The fourth-order valence-corrected chi connectivity index (χ4v) is 4.15. The molecular formula is C18H21N3O2S3. The summed E-state index contributed by atoms with van der Waals surface area (Å²) in [4.78, 5) is 0.203. The summed E-state index contributed by atoms with van der Waals surface area (Å²) in [5.74, 6) is 0. The Morgan fingerprint density at radius 3 is 2.15 bits per heavy atom. The van der Waals surface area contributed by atoms with Gasteiger partial charge in [0.15, 0.2) is 4.38 Å². The Balaban J connectivity index is 2.22. The second kappa shape index (κ2) is 9.25. The van der Waals surface area contributed by atoms with E-state index in [4.69, 9.17) is 0 Å². The van der Waals surface area contributed by atoms with E-state index in [-0.39, 0.29) is 4.90 Å². The predicted octanol–water partition coefficient (Wildman–Crippen LogP) is 4.60. The van der Waals surface area contributed by atoms with Crippen LogP contribution in [0.15, 0.2) is 63.6 Å². The summed E-state index contributed by atoms with van der Waals surface area (Å²) in [5.41, 5.74) is 2.99. The summed E-state index contributed by atoms with van der Waals surface area (Å²) < 4.78 is 28.6. The van der Waals surface area contributed by atoms with Gasteiger partial charge < -0.3 is 0 Å². The molecule has 0 heterocycles. The highest BCUT2D eigenvalue weighted by molar-refractivity contribution is 8.38. The lowest BCUT2D eigenvalue weighted by Gasteiger charge is -2.10. The van der Waals surface area contributed by atoms with Crippen molar-refractivity contribution in [3.8, 4) is 0 Å². The summed E-state index contributed by atoms with van der Waals surface area (Å²) in [6.45, 7) is 3.70. The Kier molecular flexibility index (Phi) is 7.31. The van der Waals surface area contributed by atoms with Crippen molar-refractivity contribution in [1.82, 2.24) is 0 Å². The van der Waals surface area contributed by atoms with Crippen LogP contribution in [0.4, 0.5) is 5.69 Å². The molecule has 0 aliphatic carbocycles. The summed E-state index contributed by atoms with van der Waals surface area (Å²) in [5, 5.41) is 8.38. The third kappa shape index (κ3) is 5.36. The quantitative estimate of drug-likeness (QED) is 0.447. The van der Waals surface area contributed by atoms with E-state index in [2.05, 4.69) is 14.9 Å². The monoisotopic (exact) mass is 407 g/mol. The zero-order valence-corrected chi connectivity index (χ0v) is 17.5. The minimum absolute atomic E-state index is 0.203. The van der Waals surface area contributed by atoms with Crippen molar-refractivity contribution >= 4 is 49.3 Å². The van der Waals surface area contributed by atoms with Gasteiger partial charge in [0.05, 0.1) is 16.3 Å². The van der Waals surface area contributed by atoms with Crippen LogP contribution in [0.2, 0.25) is 0 Å². The van der Waals surface area contributed by atoms with Gasteiger partial charge in [-0.3, -0.25) is 4.72 Å². The predicted molar refractivity (Wildman–Crippen MR) is 115 cm³/mol. The Morgan fingerprint density at radius 1 is 0.962 bits per heavy atom. The van der Waals surface area contributed by atoms with E-state index in [1.54, 1.807) is 36.4 Å². The number of aryl methyl sites for hydroxylation is 1. The standard InChI is InChI=1S/C18H21N3O2S3/c1-13-7-5-6-8-17(13)21-26(22,23)16-11-9-15(10-12-16)14(2)19-20-18(24-3)25-4/h5-12,21H,1-4H3/b19-14-. The van der Waals surface area contributed by atoms with E-state index in [9.17, 15) is 8.42 Å². The first-order chi connectivity index (χ1) is 12.4. The molecular weight excluding hydrogens is 386 g/mol. The molecule has 0 bridgehead atoms. The Labute approximate surface area is 163 Å². The molecule has 1 N–H and O–H groups in total. The van der Waals surface area contributed by atoms with Crippen molar-refractivity contribution in [3.05, 3.63) is 59.7 Å². The van der Waals surface area contributed by atoms with Crippen molar-refractivity contribution in [1.29, 1.82) is 0 Å². The van der Waals surface area contributed by atoms with Crippen LogP contribution in [0.3, 0.4) is 0 Å². The molecule has 0 spiro atoms. The van der Waals surface area contributed by atoms with Gasteiger partial charge in [-0.25, -0.2) is 8.42 Å². The fourth-order valence-electron chi connectivity index (χ4n) is 2.10. The number of rotatable bonds is 5. The topological polar surface area (TPSA) is 70.9 Å². The van der Waals surface area contributed by atoms with Gasteiger partial charge in [0.2, 0.25) is 0 Å². The maximum atomic E-state index is 12.6. The molecule has 0 atom stereocenters. The molecule has 0 aliphatic rings. The molecule has 0 radical (unpaired) electrons. The van der Waals surface area contributed by atoms with Crippen LogP contribution in [-0.4, -0.2) is 31.0 Å². The van der Waals surface area contributed by atoms with Gasteiger partial charge in [-0.1, -0.05) is 30.3 Å². The van der Waals surface area contributed by atoms with Crippen LogP contribution in [0.25, 0.3) is 0 Å². The molecule has 8 heteroatoms. The van der Waals surface area contributed by atoms with Crippen LogP contribution in [0.1, 0.15) is 18.1 Å². The molecule has 0 unspecified atom stereocenters. The molecule has 0 amide bonds. The van der Waals surface area contributed by atoms with E-state index in [1.807, 2.05) is 38.5 Å². The van der Waals surface area contributed by atoms with Gasteiger partial charge in [-0.2, -0.15) is 5.10 Å². The lowest BCUT2D eigenvalue weighted by Crippen LogP contribution is -2.13. The van der Waals surface area contributed by atoms with Gasteiger partial charge in [0.1, 0.15) is 0 Å². The number of nitrogens with one attached hydrogen (secondary N) is 1. The molecule has 2 rings (SSSR count). The van der Waals surface area contributed by atoms with Gasteiger partial charge in [-0.15, -0.1) is 28.6 Å². The third-order valence-corrected chi connectivity index (χ3v) is 6.85. The number of thioether (sulfide) groups is 2. The van der Waals surface area contributed by atoms with Gasteiger partial charge in [0, 0.05) is 0 Å². The molecule has 2 aromatic rings. The maximum Gasteiger partial charge on any atom is 0.261 e. The minimum atomic E-state index is -3.64. The van der Waals surface area contributed by atoms with Crippen molar-refractivity contribution in [2.45, 2.75) is 18.7 Å². The Morgan fingerprint density at radius 2 is 1.58 bits per heavy atom. The summed E-state index contributed by atoms with van der Waals surface area (Å²) in [6.07, 6.45) is 3.89. The molecule has 0 aliphatic heterocycles. The molecule has 0 aromatic heterocycles. The summed E-state index contributed by atoms with van der Waals surface area (Å²) in [6, 6.07) is 13.9. The number of benzene rings is 2. The summed E-state index contributed by atoms with van der Waals surface area (Å²) >= 11 is 3.07. The largest absolute Gasteiger partial charge is 0.279 e. The van der Waals surface area contributed by atoms with Crippen LogP contribution in [-0.2, 0) is 10.0 Å². The van der Waals surface area contributed by atoms with Crippen molar-refractivity contribution < 1.29 is 8.42 Å². The third-order valence-electron chi connectivity index (χ3n) is 3.60. The van der Waals surface area contributed by atoms with Gasteiger partial charge in [0.25, 0.3) is 10.0 Å². The molecule has 2 aromatic carbocycles. The average molecular weight is 408 g/mol. The van der Waals surface area contributed by atoms with E-state index in [0.29, 0.717) is 5.69 Å². The fraction of sp³-hybridized carbons (Fsp3) is 0.222. The first-order valence-corrected chi connectivity index (χ1v) is 11.7. The lowest BCUT2D eigenvalue weighted by atomic mass is 10.1. The van der Waals surface area contributed by atoms with Crippen molar-refractivity contribution in [2.75, 3.05) is 17.2 Å². The highest BCUT2D eigenvalue weighted by atomic mass is 32.2. The first-order valence-electron chi connectivity index (χ1n) is 7.76.